The summed E-state index contributed by atoms with van der Waals surface area (Å²) >= 11 is 0. The molecular formula is C18H28N4O. The lowest BCUT2D eigenvalue weighted by Gasteiger charge is -2.61. The van der Waals surface area contributed by atoms with E-state index in [1.807, 2.05) is 19.3 Å². The summed E-state index contributed by atoms with van der Waals surface area (Å²) in [6.45, 7) is 5.68. The molecular weight excluding hydrogens is 288 g/mol. The number of hydrogen-bond donors (Lipinski definition) is 2. The van der Waals surface area contributed by atoms with Crippen LogP contribution in [0, 0.1) is 12.3 Å². The lowest BCUT2D eigenvalue weighted by atomic mass is 9.51. The second-order valence-electron chi connectivity index (χ2n) is 6.66. The van der Waals surface area contributed by atoms with Crippen molar-refractivity contribution in [3.05, 3.63) is 29.6 Å². The molecule has 1 spiro atoms. The second-order valence-corrected chi connectivity index (χ2v) is 6.66. The third kappa shape index (κ3) is 3.07. The van der Waals surface area contributed by atoms with Crippen molar-refractivity contribution in [2.45, 2.75) is 58.2 Å². The van der Waals surface area contributed by atoms with Crippen molar-refractivity contribution in [2.75, 3.05) is 13.7 Å². The number of aromatic nitrogens is 1. The van der Waals surface area contributed by atoms with Gasteiger partial charge in [-0.1, -0.05) is 12.5 Å². The van der Waals surface area contributed by atoms with E-state index in [0.717, 1.165) is 24.7 Å². The first-order valence-corrected chi connectivity index (χ1v) is 8.69. The molecule has 126 valence electrons. The molecule has 2 N–H and O–H groups in total. The zero-order chi connectivity index (χ0) is 16.3. The minimum absolute atomic E-state index is 0.342. The van der Waals surface area contributed by atoms with Gasteiger partial charge >= 0.3 is 0 Å². The molecule has 2 aliphatic rings. The predicted octanol–water partition coefficient (Wildman–Crippen LogP) is 2.40. The number of hydrogen-bond acceptors (Lipinski definition) is 3. The average Bonchev–Trinajstić information content (AvgIpc) is 2.49. The molecule has 5 heteroatoms. The van der Waals surface area contributed by atoms with Gasteiger partial charge in [0.15, 0.2) is 5.96 Å². The summed E-state index contributed by atoms with van der Waals surface area (Å²) in [5.74, 6) is 0.862. The normalized spacial score (nSPS) is 25.6. The third-order valence-electron chi connectivity index (χ3n) is 5.51. The highest BCUT2D eigenvalue weighted by Crippen LogP contribution is 2.57. The second kappa shape index (κ2) is 6.87. The maximum atomic E-state index is 5.92. The molecule has 2 aliphatic carbocycles. The lowest BCUT2D eigenvalue weighted by Crippen LogP contribution is -2.68. The largest absolute Gasteiger partial charge is 0.378 e. The monoisotopic (exact) mass is 316 g/mol. The van der Waals surface area contributed by atoms with Crippen molar-refractivity contribution >= 4 is 5.96 Å². The van der Waals surface area contributed by atoms with E-state index in [9.17, 15) is 0 Å². The standard InChI is InChI=1S/C18H28N4O/c1-4-23-16-11-15(18(16)8-6-9-18)22-17(19-3)21-12-14-13(2)7-5-10-20-14/h5,7,10,15-16H,4,6,8-9,11-12H2,1-3H3,(H2,19,21,22). The van der Waals surface area contributed by atoms with Gasteiger partial charge in [0.1, 0.15) is 0 Å². The predicted molar refractivity (Wildman–Crippen MR) is 92.4 cm³/mol. The summed E-state index contributed by atoms with van der Waals surface area (Å²) in [5.41, 5.74) is 2.61. The van der Waals surface area contributed by atoms with E-state index in [0.29, 0.717) is 24.1 Å². The Morgan fingerprint density at radius 3 is 2.91 bits per heavy atom. The average molecular weight is 316 g/mol. The van der Waals surface area contributed by atoms with Gasteiger partial charge in [0.25, 0.3) is 0 Å². The molecule has 0 aliphatic heterocycles. The Bertz CT molecular complexity index is 568. The number of ether oxygens (including phenoxy) is 1. The van der Waals surface area contributed by atoms with Crippen molar-refractivity contribution in [3.8, 4) is 0 Å². The van der Waals surface area contributed by atoms with Gasteiger partial charge in [-0.2, -0.15) is 0 Å². The van der Waals surface area contributed by atoms with Crippen molar-refractivity contribution < 1.29 is 4.74 Å². The third-order valence-corrected chi connectivity index (χ3v) is 5.51. The Balaban J connectivity index is 1.55. The van der Waals surface area contributed by atoms with Crippen LogP contribution in [0.3, 0.4) is 0 Å². The molecule has 3 rings (SSSR count). The molecule has 1 heterocycles. The van der Waals surface area contributed by atoms with Crippen molar-refractivity contribution in [3.63, 3.8) is 0 Å². The summed E-state index contributed by atoms with van der Waals surface area (Å²) in [5, 5.41) is 7.00. The number of aryl methyl sites for hydroxylation is 1. The van der Waals surface area contributed by atoms with E-state index in [-0.39, 0.29) is 0 Å². The quantitative estimate of drug-likeness (QED) is 0.647. The van der Waals surface area contributed by atoms with Crippen LogP contribution in [-0.2, 0) is 11.3 Å². The molecule has 0 saturated heterocycles. The van der Waals surface area contributed by atoms with Gasteiger partial charge < -0.3 is 15.4 Å². The number of aliphatic imine (C=N–C) groups is 1. The van der Waals surface area contributed by atoms with Gasteiger partial charge in [-0.15, -0.1) is 0 Å². The van der Waals surface area contributed by atoms with E-state index in [4.69, 9.17) is 4.74 Å². The number of nitrogens with one attached hydrogen (secondary N) is 2. The molecule has 1 aromatic rings. The lowest BCUT2D eigenvalue weighted by molar-refractivity contribution is -0.168. The molecule has 23 heavy (non-hydrogen) atoms. The Kier molecular flexibility index (Phi) is 4.85. The Labute approximate surface area is 138 Å². The summed E-state index contributed by atoms with van der Waals surface area (Å²) in [4.78, 5) is 8.80. The Morgan fingerprint density at radius 2 is 2.30 bits per heavy atom. The van der Waals surface area contributed by atoms with Crippen molar-refractivity contribution in [2.24, 2.45) is 10.4 Å². The zero-order valence-electron chi connectivity index (χ0n) is 14.4. The van der Waals surface area contributed by atoms with Gasteiger partial charge in [-0.3, -0.25) is 9.98 Å². The van der Waals surface area contributed by atoms with Crippen LogP contribution < -0.4 is 10.6 Å². The number of rotatable bonds is 5. The molecule has 2 unspecified atom stereocenters. The number of nitrogens with zero attached hydrogens (tertiary/aromatic N) is 2. The Hall–Kier alpha value is -1.62. The maximum Gasteiger partial charge on any atom is 0.191 e. The number of pyridine rings is 1. The van der Waals surface area contributed by atoms with E-state index in [1.54, 1.807) is 0 Å². The zero-order valence-corrected chi connectivity index (χ0v) is 14.4. The van der Waals surface area contributed by atoms with Crippen LogP contribution in [0.4, 0.5) is 0 Å². The van der Waals surface area contributed by atoms with Gasteiger partial charge in [0.2, 0.25) is 0 Å². The minimum Gasteiger partial charge on any atom is -0.378 e. The first kappa shape index (κ1) is 16.2. The fraction of sp³-hybridized carbons (Fsp3) is 0.667. The SMILES string of the molecule is CCOC1CC(NC(=NC)NCc2ncccc2C)C12CCC2. The van der Waals surface area contributed by atoms with E-state index >= 15 is 0 Å². The molecule has 1 aromatic heterocycles. The van der Waals surface area contributed by atoms with Crippen LogP contribution in [0.5, 0.6) is 0 Å². The molecule has 5 nitrogen and oxygen atoms in total. The highest BCUT2D eigenvalue weighted by Gasteiger charge is 2.59. The van der Waals surface area contributed by atoms with Crippen LogP contribution in [0.25, 0.3) is 0 Å². The maximum absolute atomic E-state index is 5.92. The summed E-state index contributed by atoms with van der Waals surface area (Å²) in [7, 11) is 1.83. The topological polar surface area (TPSA) is 58.5 Å². The summed E-state index contributed by atoms with van der Waals surface area (Å²) in [6, 6.07) is 4.53. The van der Waals surface area contributed by atoms with Crippen LogP contribution in [0.2, 0.25) is 0 Å². The van der Waals surface area contributed by atoms with Crippen LogP contribution >= 0.6 is 0 Å². The molecule has 2 fully saturated rings. The molecule has 0 bridgehead atoms. The minimum atomic E-state index is 0.342. The molecule has 0 amide bonds. The van der Waals surface area contributed by atoms with Crippen molar-refractivity contribution in [1.29, 1.82) is 0 Å². The molecule has 0 radical (unpaired) electrons. The summed E-state index contributed by atoms with van der Waals surface area (Å²) in [6.07, 6.45) is 7.20. The van der Waals surface area contributed by atoms with Crippen molar-refractivity contribution in [1.82, 2.24) is 15.6 Å². The summed E-state index contributed by atoms with van der Waals surface area (Å²) < 4.78 is 5.92. The fourth-order valence-electron chi connectivity index (χ4n) is 3.87. The van der Waals surface area contributed by atoms with Crippen LogP contribution in [0.1, 0.15) is 43.9 Å². The van der Waals surface area contributed by atoms with Crippen LogP contribution in [-0.4, -0.2) is 36.7 Å². The molecule has 2 saturated carbocycles. The van der Waals surface area contributed by atoms with E-state index in [1.165, 1.54) is 24.8 Å². The Morgan fingerprint density at radius 1 is 1.48 bits per heavy atom. The van der Waals surface area contributed by atoms with E-state index < -0.39 is 0 Å². The first-order chi connectivity index (χ1) is 11.2. The molecule has 0 aromatic carbocycles. The van der Waals surface area contributed by atoms with Crippen LogP contribution in [0.15, 0.2) is 23.3 Å². The highest BCUT2D eigenvalue weighted by molar-refractivity contribution is 5.80. The van der Waals surface area contributed by atoms with Gasteiger partial charge in [0, 0.05) is 31.3 Å². The number of guanidine groups is 1. The van der Waals surface area contributed by atoms with Gasteiger partial charge in [0.05, 0.1) is 18.3 Å². The highest BCUT2D eigenvalue weighted by atomic mass is 16.5. The first-order valence-electron chi connectivity index (χ1n) is 8.69. The fourth-order valence-corrected chi connectivity index (χ4v) is 3.87. The smallest absolute Gasteiger partial charge is 0.191 e. The van der Waals surface area contributed by atoms with Gasteiger partial charge in [-0.05, 0) is 44.7 Å². The molecule has 2 atom stereocenters. The van der Waals surface area contributed by atoms with Gasteiger partial charge in [-0.25, -0.2) is 0 Å². The van der Waals surface area contributed by atoms with E-state index in [2.05, 4.69) is 40.5 Å².